The van der Waals surface area contributed by atoms with Crippen molar-refractivity contribution in [2.75, 3.05) is 0 Å². The zero-order valence-electron chi connectivity index (χ0n) is 7.94. The van der Waals surface area contributed by atoms with E-state index >= 15 is 0 Å². The number of benzene rings is 1. The summed E-state index contributed by atoms with van der Waals surface area (Å²) in [6.07, 6.45) is 5.35. The fourth-order valence-corrected chi connectivity index (χ4v) is 1.42. The van der Waals surface area contributed by atoms with E-state index in [0.717, 1.165) is 12.8 Å². The van der Waals surface area contributed by atoms with E-state index in [1.807, 2.05) is 12.1 Å². The summed E-state index contributed by atoms with van der Waals surface area (Å²) < 4.78 is 5.13. The lowest BCUT2D eigenvalue weighted by Crippen LogP contribution is -1.97. The van der Waals surface area contributed by atoms with Crippen molar-refractivity contribution in [2.45, 2.75) is 0 Å². The molecular formula is C12H11BO. The minimum absolute atomic E-state index is 0.938. The van der Waals surface area contributed by atoms with Crippen LogP contribution in [0, 0.1) is 0 Å². The van der Waals surface area contributed by atoms with Gasteiger partial charge in [0.05, 0.1) is 12.5 Å². The Bertz CT molecular complexity index is 387. The van der Waals surface area contributed by atoms with Crippen molar-refractivity contribution in [2.24, 2.45) is 0 Å². The van der Waals surface area contributed by atoms with Gasteiger partial charge in [0.25, 0.3) is 0 Å². The van der Waals surface area contributed by atoms with Gasteiger partial charge < -0.3 is 4.74 Å². The molecule has 0 aliphatic carbocycles. The number of hydrogen-bond donors (Lipinski definition) is 0. The van der Waals surface area contributed by atoms with Crippen LogP contribution in [0.5, 0.6) is 0 Å². The van der Waals surface area contributed by atoms with Crippen molar-refractivity contribution in [3.8, 4) is 0 Å². The van der Waals surface area contributed by atoms with Gasteiger partial charge in [-0.05, 0) is 16.6 Å². The molecule has 14 heavy (non-hydrogen) atoms. The van der Waals surface area contributed by atoms with Crippen LogP contribution in [0.2, 0.25) is 0 Å². The van der Waals surface area contributed by atoms with Gasteiger partial charge in [-0.3, -0.25) is 0 Å². The van der Waals surface area contributed by atoms with E-state index in [4.69, 9.17) is 4.74 Å². The first-order valence-corrected chi connectivity index (χ1v) is 4.62. The van der Waals surface area contributed by atoms with Crippen molar-refractivity contribution in [1.82, 2.24) is 0 Å². The Morgan fingerprint density at radius 2 is 2.00 bits per heavy atom. The van der Waals surface area contributed by atoms with Gasteiger partial charge in [-0.25, -0.2) is 0 Å². The zero-order valence-corrected chi connectivity index (χ0v) is 7.94. The monoisotopic (exact) mass is 182 g/mol. The predicted molar refractivity (Wildman–Crippen MR) is 61.9 cm³/mol. The fraction of sp³-hybridized carbons (Fsp3) is 0. The molecule has 0 unspecified atom stereocenters. The largest absolute Gasteiger partial charge is 0.474 e. The summed E-state index contributed by atoms with van der Waals surface area (Å²) in [6, 6.07) is 8.29. The van der Waals surface area contributed by atoms with Gasteiger partial charge >= 0.3 is 0 Å². The van der Waals surface area contributed by atoms with Crippen LogP contribution in [-0.2, 0) is 4.74 Å². The number of rotatable bonds is 2. The van der Waals surface area contributed by atoms with Crippen molar-refractivity contribution >= 4 is 18.8 Å². The summed E-state index contributed by atoms with van der Waals surface area (Å²) in [5, 5.41) is 0. The molecule has 0 amide bonds. The van der Waals surface area contributed by atoms with Crippen LogP contribution in [0.1, 0.15) is 11.1 Å². The van der Waals surface area contributed by atoms with Crippen LogP contribution < -0.4 is 0 Å². The topological polar surface area (TPSA) is 9.23 Å². The zero-order chi connectivity index (χ0) is 9.80. The Balaban J connectivity index is 2.24. The Morgan fingerprint density at radius 1 is 1.21 bits per heavy atom. The Hall–Kier alpha value is -1.70. The highest BCUT2D eigenvalue weighted by Gasteiger charge is 2.04. The quantitative estimate of drug-likeness (QED) is 0.638. The van der Waals surface area contributed by atoms with Gasteiger partial charge in [0.1, 0.15) is 0 Å². The van der Waals surface area contributed by atoms with Crippen LogP contribution in [0.25, 0.3) is 11.5 Å². The maximum Gasteiger partial charge on any atom is 0.191 e. The molecule has 0 saturated carbocycles. The molecule has 0 fully saturated rings. The summed E-state index contributed by atoms with van der Waals surface area (Å²) >= 11 is 0. The molecule has 0 bridgehead atoms. The van der Waals surface area contributed by atoms with Gasteiger partial charge in [-0.15, -0.1) is 0 Å². The maximum absolute atomic E-state index is 5.13. The first kappa shape index (κ1) is 8.88. The molecule has 0 saturated heterocycles. The Kier molecular flexibility index (Phi) is 2.54. The molecule has 1 aromatic carbocycles. The third-order valence-corrected chi connectivity index (χ3v) is 2.24. The summed E-state index contributed by atoms with van der Waals surface area (Å²) in [5.41, 5.74) is 3.56. The van der Waals surface area contributed by atoms with Crippen LogP contribution in [-0.4, -0.2) is 7.28 Å². The maximum atomic E-state index is 5.13. The lowest BCUT2D eigenvalue weighted by Gasteiger charge is -2.07. The normalized spacial score (nSPS) is 13.9. The van der Waals surface area contributed by atoms with Crippen LogP contribution in [0.15, 0.2) is 49.3 Å². The van der Waals surface area contributed by atoms with Crippen LogP contribution in [0.4, 0.5) is 0 Å². The highest BCUT2D eigenvalue weighted by Crippen LogP contribution is 2.17. The van der Waals surface area contributed by atoms with E-state index in [2.05, 4.69) is 30.8 Å². The standard InChI is InChI=1S/C12H11BO/c1-2-10-3-5-11(6-4-10)12-9-14-8-7-13-12/h2-9,13H,1H2. The summed E-state index contributed by atoms with van der Waals surface area (Å²) in [7, 11) is 0.938. The third kappa shape index (κ3) is 1.79. The van der Waals surface area contributed by atoms with Gasteiger partial charge in [-0.1, -0.05) is 42.9 Å². The molecule has 2 heteroatoms. The molecule has 68 valence electrons. The molecule has 0 spiro atoms. The molecule has 0 atom stereocenters. The smallest absolute Gasteiger partial charge is 0.191 e. The lowest BCUT2D eigenvalue weighted by molar-refractivity contribution is 0.405. The second-order valence-electron chi connectivity index (χ2n) is 3.18. The Morgan fingerprint density at radius 3 is 2.57 bits per heavy atom. The van der Waals surface area contributed by atoms with Crippen molar-refractivity contribution < 1.29 is 4.74 Å². The SMILES string of the molecule is C=Cc1ccc(C2=COC=CB2)cc1. The van der Waals surface area contributed by atoms with Gasteiger partial charge in [0, 0.05) is 0 Å². The van der Waals surface area contributed by atoms with Gasteiger partial charge in [0.15, 0.2) is 7.28 Å². The van der Waals surface area contributed by atoms with Crippen LogP contribution >= 0.6 is 0 Å². The van der Waals surface area contributed by atoms with E-state index in [1.165, 1.54) is 11.0 Å². The fourth-order valence-electron chi connectivity index (χ4n) is 1.42. The first-order chi connectivity index (χ1) is 6.90. The molecular weight excluding hydrogens is 171 g/mol. The van der Waals surface area contributed by atoms with E-state index in [-0.39, 0.29) is 0 Å². The molecule has 1 nitrogen and oxygen atoms in total. The molecule has 1 aromatic rings. The molecule has 1 aliphatic rings. The molecule has 2 rings (SSSR count). The molecule has 0 N–H and O–H groups in total. The minimum atomic E-state index is 0.938. The summed E-state index contributed by atoms with van der Waals surface area (Å²) in [5.74, 6) is 2.01. The van der Waals surface area contributed by atoms with E-state index in [0.29, 0.717) is 0 Å². The minimum Gasteiger partial charge on any atom is -0.474 e. The van der Waals surface area contributed by atoms with Crippen molar-refractivity contribution in [1.29, 1.82) is 0 Å². The predicted octanol–water partition coefficient (Wildman–Crippen LogP) is 2.57. The van der Waals surface area contributed by atoms with Gasteiger partial charge in [0.2, 0.25) is 0 Å². The van der Waals surface area contributed by atoms with Gasteiger partial charge in [-0.2, -0.15) is 0 Å². The van der Waals surface area contributed by atoms with E-state index in [1.54, 1.807) is 12.5 Å². The number of hydrogen-bond acceptors (Lipinski definition) is 1. The first-order valence-electron chi connectivity index (χ1n) is 4.62. The second kappa shape index (κ2) is 4.01. The molecule has 1 aliphatic heterocycles. The summed E-state index contributed by atoms with van der Waals surface area (Å²) in [6.45, 7) is 3.72. The second-order valence-corrected chi connectivity index (χ2v) is 3.18. The molecule has 0 radical (unpaired) electrons. The average Bonchev–Trinajstić information content (AvgIpc) is 2.30. The number of ether oxygens (including phenoxy) is 1. The van der Waals surface area contributed by atoms with Crippen LogP contribution in [0.3, 0.4) is 0 Å². The average molecular weight is 182 g/mol. The van der Waals surface area contributed by atoms with Crippen molar-refractivity contribution in [3.05, 3.63) is 60.5 Å². The highest BCUT2D eigenvalue weighted by atomic mass is 16.5. The van der Waals surface area contributed by atoms with E-state index < -0.39 is 0 Å². The third-order valence-electron chi connectivity index (χ3n) is 2.24. The van der Waals surface area contributed by atoms with E-state index in [9.17, 15) is 0 Å². The molecule has 1 heterocycles. The highest BCUT2D eigenvalue weighted by molar-refractivity contribution is 6.65. The Labute approximate surface area is 84.6 Å². The summed E-state index contributed by atoms with van der Waals surface area (Å²) in [4.78, 5) is 0. The molecule has 0 aromatic heterocycles. The van der Waals surface area contributed by atoms with Crippen molar-refractivity contribution in [3.63, 3.8) is 0 Å². The lowest BCUT2D eigenvalue weighted by atomic mass is 9.67.